The number of carbonyl (C=O) groups is 3. The summed E-state index contributed by atoms with van der Waals surface area (Å²) in [6.45, 7) is -0.296. The summed E-state index contributed by atoms with van der Waals surface area (Å²) in [5.41, 5.74) is 1.78. The normalized spacial score (nSPS) is 12.1. The zero-order valence-electron chi connectivity index (χ0n) is 14.7. The molecule has 0 saturated heterocycles. The average molecular weight is 401 g/mol. The lowest BCUT2D eigenvalue weighted by Gasteiger charge is -2.17. The van der Waals surface area contributed by atoms with E-state index in [-0.39, 0.29) is 18.7 Å². The van der Waals surface area contributed by atoms with Gasteiger partial charge < -0.3 is 14.8 Å². The van der Waals surface area contributed by atoms with E-state index in [0.29, 0.717) is 16.3 Å². The molecule has 0 spiro atoms. The van der Waals surface area contributed by atoms with Crippen molar-refractivity contribution in [1.29, 1.82) is 0 Å². The monoisotopic (exact) mass is 400 g/mol. The molecule has 2 N–H and O–H groups in total. The molecule has 1 heterocycles. The fourth-order valence-electron chi connectivity index (χ4n) is 2.48. The first-order chi connectivity index (χ1) is 13.5. The summed E-state index contributed by atoms with van der Waals surface area (Å²) in [6, 6.07) is 13.6. The number of esters is 1. The highest BCUT2D eigenvalue weighted by Crippen LogP contribution is 2.29. The Balaban J connectivity index is 1.45. The van der Waals surface area contributed by atoms with Gasteiger partial charge in [-0.1, -0.05) is 41.9 Å². The number of carbonyl (C=O) groups excluding carboxylic acids is 3. The van der Waals surface area contributed by atoms with Crippen LogP contribution in [0, 0.1) is 0 Å². The summed E-state index contributed by atoms with van der Waals surface area (Å²) in [4.78, 5) is 35.6. The van der Waals surface area contributed by atoms with Crippen molar-refractivity contribution < 1.29 is 23.9 Å². The van der Waals surface area contributed by atoms with Crippen molar-refractivity contribution in [2.75, 3.05) is 13.2 Å². The number of benzene rings is 2. The zero-order chi connectivity index (χ0) is 19.9. The van der Waals surface area contributed by atoms with Crippen molar-refractivity contribution in [2.24, 2.45) is 0 Å². The van der Waals surface area contributed by atoms with Gasteiger partial charge in [0, 0.05) is 17.1 Å². The van der Waals surface area contributed by atoms with Crippen LogP contribution in [0.3, 0.4) is 0 Å². The third-order valence-electron chi connectivity index (χ3n) is 3.83. The van der Waals surface area contributed by atoms with Crippen LogP contribution in [0.1, 0.15) is 11.1 Å². The maximum absolute atomic E-state index is 12.1. The number of amides is 3. The van der Waals surface area contributed by atoms with Gasteiger partial charge in [-0.25, -0.2) is 9.59 Å². The van der Waals surface area contributed by atoms with E-state index in [1.807, 2.05) is 30.3 Å². The summed E-state index contributed by atoms with van der Waals surface area (Å²) in [7, 11) is 0. The van der Waals surface area contributed by atoms with E-state index in [4.69, 9.17) is 21.1 Å². The van der Waals surface area contributed by atoms with Crippen molar-refractivity contribution in [2.45, 2.75) is 6.54 Å². The highest BCUT2D eigenvalue weighted by molar-refractivity contribution is 6.30. The summed E-state index contributed by atoms with van der Waals surface area (Å²) in [5.74, 6) is -0.834. The molecule has 0 unspecified atom stereocenters. The first kappa shape index (κ1) is 19.4. The van der Waals surface area contributed by atoms with E-state index in [0.717, 1.165) is 5.56 Å². The Labute approximate surface area is 166 Å². The highest BCUT2D eigenvalue weighted by Gasteiger charge is 2.20. The van der Waals surface area contributed by atoms with Gasteiger partial charge in [-0.3, -0.25) is 10.1 Å². The topological polar surface area (TPSA) is 93.7 Å². The minimum atomic E-state index is -0.736. The van der Waals surface area contributed by atoms with Crippen molar-refractivity contribution in [3.8, 4) is 5.75 Å². The number of halogens is 1. The van der Waals surface area contributed by atoms with Crippen LogP contribution in [-0.4, -0.2) is 31.1 Å². The quantitative estimate of drug-likeness (QED) is 0.752. The van der Waals surface area contributed by atoms with E-state index < -0.39 is 24.5 Å². The van der Waals surface area contributed by atoms with Crippen LogP contribution in [0.2, 0.25) is 5.02 Å². The molecule has 2 aromatic carbocycles. The SMILES string of the molecule is O=C(COC(=O)C1=Cc2cc(Cl)ccc2OC1)NC(=O)NCc1ccccc1. The first-order valence-electron chi connectivity index (χ1n) is 8.43. The maximum Gasteiger partial charge on any atom is 0.338 e. The van der Waals surface area contributed by atoms with E-state index in [2.05, 4.69) is 10.6 Å². The molecule has 0 aromatic heterocycles. The molecule has 1 aliphatic heterocycles. The van der Waals surface area contributed by atoms with Gasteiger partial charge in [-0.2, -0.15) is 0 Å². The van der Waals surface area contributed by atoms with Crippen molar-refractivity contribution in [1.82, 2.24) is 10.6 Å². The second-order valence-electron chi connectivity index (χ2n) is 5.93. The Morgan fingerprint density at radius 1 is 1.11 bits per heavy atom. The van der Waals surface area contributed by atoms with Crippen molar-refractivity contribution in [3.05, 3.63) is 70.3 Å². The number of hydrogen-bond acceptors (Lipinski definition) is 5. The minimum absolute atomic E-state index is 0.0205. The van der Waals surface area contributed by atoms with Crippen LogP contribution in [0.15, 0.2) is 54.1 Å². The maximum atomic E-state index is 12.1. The Morgan fingerprint density at radius 2 is 1.89 bits per heavy atom. The molecule has 0 bridgehead atoms. The van der Waals surface area contributed by atoms with Gasteiger partial charge in [0.25, 0.3) is 5.91 Å². The number of ether oxygens (including phenoxy) is 2. The Morgan fingerprint density at radius 3 is 2.68 bits per heavy atom. The molecular formula is C20H17ClN2O5. The van der Waals surface area contributed by atoms with Gasteiger partial charge >= 0.3 is 12.0 Å². The first-order valence-corrected chi connectivity index (χ1v) is 8.81. The highest BCUT2D eigenvalue weighted by atomic mass is 35.5. The molecule has 0 atom stereocenters. The molecule has 0 radical (unpaired) electrons. The van der Waals surface area contributed by atoms with Crippen molar-refractivity contribution in [3.63, 3.8) is 0 Å². The van der Waals surface area contributed by atoms with E-state index in [1.165, 1.54) is 0 Å². The number of imide groups is 1. The van der Waals surface area contributed by atoms with Gasteiger partial charge in [-0.15, -0.1) is 0 Å². The summed E-state index contributed by atoms with van der Waals surface area (Å²) >= 11 is 5.93. The van der Waals surface area contributed by atoms with Gasteiger partial charge in [0.2, 0.25) is 0 Å². The summed E-state index contributed by atoms with van der Waals surface area (Å²) in [5, 5.41) is 5.15. The van der Waals surface area contributed by atoms with E-state index >= 15 is 0 Å². The lowest BCUT2D eigenvalue weighted by molar-refractivity contribution is -0.144. The van der Waals surface area contributed by atoms with E-state index in [9.17, 15) is 14.4 Å². The van der Waals surface area contributed by atoms with Crippen LogP contribution < -0.4 is 15.4 Å². The summed E-state index contributed by atoms with van der Waals surface area (Å²) < 4.78 is 10.4. The van der Waals surface area contributed by atoms with Crippen LogP contribution in [0.25, 0.3) is 6.08 Å². The van der Waals surface area contributed by atoms with Crippen molar-refractivity contribution >= 4 is 35.6 Å². The lowest BCUT2D eigenvalue weighted by atomic mass is 10.1. The standard InChI is InChI=1S/C20H17ClN2O5/c21-16-6-7-17-14(9-16)8-15(11-27-17)19(25)28-12-18(24)23-20(26)22-10-13-4-2-1-3-5-13/h1-9H,10-12H2,(H2,22,23,24,26). The Kier molecular flexibility index (Phi) is 6.29. The third kappa shape index (κ3) is 5.34. The van der Waals surface area contributed by atoms with Crippen LogP contribution in [-0.2, 0) is 20.9 Å². The number of urea groups is 1. The predicted molar refractivity (Wildman–Crippen MR) is 103 cm³/mol. The van der Waals surface area contributed by atoms with E-state index in [1.54, 1.807) is 24.3 Å². The molecule has 8 heteroatoms. The molecular weight excluding hydrogens is 384 g/mol. The Bertz CT molecular complexity index is 927. The molecule has 0 aliphatic carbocycles. The molecule has 144 valence electrons. The number of fused-ring (bicyclic) bond motifs is 1. The van der Waals surface area contributed by atoms with Gasteiger partial charge in [0.1, 0.15) is 12.4 Å². The predicted octanol–water partition coefficient (Wildman–Crippen LogP) is 2.69. The minimum Gasteiger partial charge on any atom is -0.488 e. The largest absolute Gasteiger partial charge is 0.488 e. The number of nitrogens with one attached hydrogen (secondary N) is 2. The summed E-state index contributed by atoms with van der Waals surface area (Å²) in [6.07, 6.45) is 1.59. The third-order valence-corrected chi connectivity index (χ3v) is 4.07. The molecule has 28 heavy (non-hydrogen) atoms. The zero-order valence-corrected chi connectivity index (χ0v) is 15.5. The second kappa shape index (κ2) is 9.05. The molecule has 0 fully saturated rings. The number of rotatable bonds is 5. The fraction of sp³-hybridized carbons (Fsp3) is 0.150. The molecule has 3 rings (SSSR count). The van der Waals surface area contributed by atoms with Crippen LogP contribution >= 0.6 is 11.6 Å². The molecule has 7 nitrogen and oxygen atoms in total. The van der Waals surface area contributed by atoms with Crippen LogP contribution in [0.4, 0.5) is 4.79 Å². The van der Waals surface area contributed by atoms with Crippen LogP contribution in [0.5, 0.6) is 5.75 Å². The average Bonchev–Trinajstić information content (AvgIpc) is 2.70. The second-order valence-corrected chi connectivity index (χ2v) is 6.37. The lowest BCUT2D eigenvalue weighted by Crippen LogP contribution is -2.41. The molecule has 2 aromatic rings. The number of hydrogen-bond donors (Lipinski definition) is 2. The Hall–Kier alpha value is -3.32. The van der Waals surface area contributed by atoms with Gasteiger partial charge in [-0.05, 0) is 29.8 Å². The van der Waals surface area contributed by atoms with Gasteiger partial charge in [0.15, 0.2) is 6.61 Å². The van der Waals surface area contributed by atoms with Gasteiger partial charge in [0.05, 0.1) is 5.57 Å². The smallest absolute Gasteiger partial charge is 0.338 e. The molecule has 3 amide bonds. The molecule has 0 saturated carbocycles. The molecule has 1 aliphatic rings. The fourth-order valence-corrected chi connectivity index (χ4v) is 2.66.